The van der Waals surface area contributed by atoms with Crippen molar-refractivity contribution >= 4 is 75.8 Å². The quantitative estimate of drug-likeness (QED) is 0.140. The van der Waals surface area contributed by atoms with Gasteiger partial charge >= 0.3 is 0 Å². The molecule has 1 aliphatic carbocycles. The molecule has 224 valence electrons. The van der Waals surface area contributed by atoms with Crippen LogP contribution in [0.15, 0.2) is 150 Å². The van der Waals surface area contributed by atoms with Gasteiger partial charge in [-0.15, -0.1) is 0 Å². The summed E-state index contributed by atoms with van der Waals surface area (Å²) in [6.45, 7) is 4.78. The zero-order chi connectivity index (χ0) is 31.7. The topological polar surface area (TPSA) is 13.1 Å². The summed E-state index contributed by atoms with van der Waals surface area (Å²) >= 11 is 0. The molecule has 0 saturated heterocycles. The molecule has 0 N–H and O–H groups in total. The van der Waals surface area contributed by atoms with Gasteiger partial charge in [0, 0.05) is 21.6 Å². The highest BCUT2D eigenvalue weighted by Crippen LogP contribution is 2.52. The lowest BCUT2D eigenvalue weighted by atomic mass is 9.79. The average molecular weight is 611 g/mol. The standard InChI is InChI=1S/C47H30O/c1-47(2)38-19-9-12-28-21-22-29-25-30(26-39(47)43(29)42(28)38)41-32-14-5-7-16-34(32)44(35-17-8-6-15-33(35)41)36-18-10-20-40-45(36)37-24-23-27-11-3-4-13-31(27)46(37)48-40/h3-26H,1-2H3. The Bertz CT molecular complexity index is 2970. The molecule has 0 atom stereocenters. The van der Waals surface area contributed by atoms with Crippen molar-refractivity contribution in [2.75, 3.05) is 0 Å². The van der Waals surface area contributed by atoms with Crippen LogP contribution in [0.4, 0.5) is 0 Å². The maximum absolute atomic E-state index is 6.66. The fourth-order valence-electron chi connectivity index (χ4n) is 9.04. The Labute approximate surface area is 277 Å². The molecule has 11 rings (SSSR count). The minimum Gasteiger partial charge on any atom is -0.455 e. The summed E-state index contributed by atoms with van der Waals surface area (Å²) in [4.78, 5) is 0. The molecule has 0 unspecified atom stereocenters. The molecule has 48 heavy (non-hydrogen) atoms. The average Bonchev–Trinajstić information content (AvgIpc) is 3.63. The highest BCUT2D eigenvalue weighted by atomic mass is 16.3. The monoisotopic (exact) mass is 610 g/mol. The lowest BCUT2D eigenvalue weighted by Crippen LogP contribution is -2.15. The number of hydrogen-bond donors (Lipinski definition) is 0. The second kappa shape index (κ2) is 9.12. The van der Waals surface area contributed by atoms with Crippen LogP contribution in [0.5, 0.6) is 0 Å². The first-order valence-electron chi connectivity index (χ1n) is 16.9. The van der Waals surface area contributed by atoms with Gasteiger partial charge < -0.3 is 4.42 Å². The van der Waals surface area contributed by atoms with E-state index in [1.807, 2.05) is 0 Å². The molecule has 0 aliphatic heterocycles. The third kappa shape index (κ3) is 3.26. The number of furan rings is 1. The Hall–Kier alpha value is -5.92. The lowest BCUT2D eigenvalue weighted by Gasteiger charge is -2.23. The molecule has 0 bridgehead atoms. The van der Waals surface area contributed by atoms with Gasteiger partial charge in [-0.3, -0.25) is 0 Å². The van der Waals surface area contributed by atoms with E-state index in [4.69, 9.17) is 4.42 Å². The maximum atomic E-state index is 6.66. The zero-order valence-corrected chi connectivity index (χ0v) is 26.8. The van der Waals surface area contributed by atoms with Crippen molar-refractivity contribution in [3.8, 4) is 22.3 Å². The minimum atomic E-state index is -0.0782. The summed E-state index contributed by atoms with van der Waals surface area (Å²) in [5, 5.41) is 15.2. The summed E-state index contributed by atoms with van der Waals surface area (Å²) in [6, 6.07) is 53.8. The molecular weight excluding hydrogens is 581 g/mol. The fraction of sp³-hybridized carbons (Fsp3) is 0.0638. The van der Waals surface area contributed by atoms with Crippen LogP contribution in [0.3, 0.4) is 0 Å². The Balaban J connectivity index is 1.26. The van der Waals surface area contributed by atoms with Gasteiger partial charge in [0.15, 0.2) is 0 Å². The van der Waals surface area contributed by atoms with E-state index in [9.17, 15) is 0 Å². The van der Waals surface area contributed by atoms with Gasteiger partial charge in [-0.05, 0) is 106 Å². The van der Waals surface area contributed by atoms with Gasteiger partial charge in [-0.2, -0.15) is 0 Å². The molecule has 9 aromatic carbocycles. The second-order valence-corrected chi connectivity index (χ2v) is 14.0. The summed E-state index contributed by atoms with van der Waals surface area (Å²) in [5.74, 6) is 0. The van der Waals surface area contributed by atoms with Crippen LogP contribution in [0.2, 0.25) is 0 Å². The Morgan fingerprint density at radius 1 is 0.417 bits per heavy atom. The fourth-order valence-corrected chi connectivity index (χ4v) is 9.04. The van der Waals surface area contributed by atoms with E-state index in [0.29, 0.717) is 0 Å². The molecule has 1 heteroatoms. The van der Waals surface area contributed by atoms with Crippen molar-refractivity contribution < 1.29 is 4.42 Å². The minimum absolute atomic E-state index is 0.0782. The second-order valence-electron chi connectivity index (χ2n) is 14.0. The van der Waals surface area contributed by atoms with Gasteiger partial charge in [0.2, 0.25) is 0 Å². The first kappa shape index (κ1) is 26.2. The largest absolute Gasteiger partial charge is 0.455 e. The number of rotatable bonds is 2. The van der Waals surface area contributed by atoms with Crippen LogP contribution >= 0.6 is 0 Å². The van der Waals surface area contributed by atoms with E-state index in [1.54, 1.807) is 0 Å². The van der Waals surface area contributed by atoms with Crippen LogP contribution in [0.1, 0.15) is 25.0 Å². The van der Waals surface area contributed by atoms with Gasteiger partial charge in [0.25, 0.3) is 0 Å². The SMILES string of the molecule is CC1(C)c2cccc3ccc4cc(-c5c6ccccc6c(-c6cccc7oc8c9ccccc9ccc8c67)c6ccccc56)cc1c4c23. The molecule has 1 aliphatic rings. The number of benzene rings is 9. The van der Waals surface area contributed by atoms with Crippen molar-refractivity contribution in [3.63, 3.8) is 0 Å². The summed E-state index contributed by atoms with van der Waals surface area (Å²) in [5.41, 5.74) is 9.67. The molecule has 1 heterocycles. The van der Waals surface area contributed by atoms with E-state index in [1.165, 1.54) is 87.2 Å². The van der Waals surface area contributed by atoms with Crippen LogP contribution in [0, 0.1) is 0 Å². The molecule has 0 radical (unpaired) electrons. The zero-order valence-electron chi connectivity index (χ0n) is 26.8. The van der Waals surface area contributed by atoms with Crippen LogP contribution < -0.4 is 0 Å². The van der Waals surface area contributed by atoms with E-state index < -0.39 is 0 Å². The van der Waals surface area contributed by atoms with E-state index >= 15 is 0 Å². The number of fused-ring (bicyclic) bond motifs is 7. The van der Waals surface area contributed by atoms with E-state index in [2.05, 4.69) is 159 Å². The third-order valence-corrected chi connectivity index (χ3v) is 11.2. The van der Waals surface area contributed by atoms with Crippen molar-refractivity contribution in [2.24, 2.45) is 0 Å². The predicted octanol–water partition coefficient (Wildman–Crippen LogP) is 13.3. The van der Waals surface area contributed by atoms with Crippen LogP contribution in [-0.2, 0) is 5.41 Å². The van der Waals surface area contributed by atoms with Gasteiger partial charge in [-0.25, -0.2) is 0 Å². The van der Waals surface area contributed by atoms with E-state index in [-0.39, 0.29) is 5.41 Å². The highest BCUT2D eigenvalue weighted by Gasteiger charge is 2.34. The normalized spacial score (nSPS) is 13.8. The smallest absolute Gasteiger partial charge is 0.143 e. The predicted molar refractivity (Wildman–Crippen MR) is 204 cm³/mol. The molecule has 0 amide bonds. The van der Waals surface area contributed by atoms with Gasteiger partial charge in [-0.1, -0.05) is 135 Å². The molecule has 1 aromatic heterocycles. The first-order chi connectivity index (χ1) is 23.6. The molecule has 10 aromatic rings. The highest BCUT2D eigenvalue weighted by molar-refractivity contribution is 6.27. The number of hydrogen-bond acceptors (Lipinski definition) is 1. The molecular formula is C47H30O. The third-order valence-electron chi connectivity index (χ3n) is 11.2. The maximum Gasteiger partial charge on any atom is 0.143 e. The van der Waals surface area contributed by atoms with Gasteiger partial charge in [0.1, 0.15) is 11.2 Å². The Kier molecular flexibility index (Phi) is 4.97. The van der Waals surface area contributed by atoms with Crippen LogP contribution in [-0.4, -0.2) is 0 Å². The van der Waals surface area contributed by atoms with Crippen molar-refractivity contribution in [3.05, 3.63) is 157 Å². The summed E-state index contributed by atoms with van der Waals surface area (Å²) in [6.07, 6.45) is 0. The molecule has 0 fully saturated rings. The summed E-state index contributed by atoms with van der Waals surface area (Å²) < 4.78 is 6.66. The van der Waals surface area contributed by atoms with Crippen molar-refractivity contribution in [1.29, 1.82) is 0 Å². The Morgan fingerprint density at radius 2 is 1.02 bits per heavy atom. The van der Waals surface area contributed by atoms with Crippen molar-refractivity contribution in [2.45, 2.75) is 19.3 Å². The molecule has 0 spiro atoms. The first-order valence-corrected chi connectivity index (χ1v) is 16.9. The van der Waals surface area contributed by atoms with E-state index in [0.717, 1.165) is 21.9 Å². The molecule has 0 saturated carbocycles. The summed E-state index contributed by atoms with van der Waals surface area (Å²) in [7, 11) is 0. The Morgan fingerprint density at radius 3 is 1.79 bits per heavy atom. The molecule has 1 nitrogen and oxygen atoms in total. The van der Waals surface area contributed by atoms with Gasteiger partial charge in [0.05, 0.1) is 0 Å². The lowest BCUT2D eigenvalue weighted by molar-refractivity contribution is 0.663. The van der Waals surface area contributed by atoms with Crippen molar-refractivity contribution in [1.82, 2.24) is 0 Å². The van der Waals surface area contributed by atoms with Crippen LogP contribution in [0.25, 0.3) is 98.1 Å².